The minimum absolute atomic E-state index is 0.122. The third kappa shape index (κ3) is 3.17. The molecule has 21 heavy (non-hydrogen) atoms. The van der Waals surface area contributed by atoms with Crippen molar-refractivity contribution in [2.75, 3.05) is 5.73 Å². The molecular formula is C11H13N5O4S. The number of nitro benzene ring substituents is 1. The van der Waals surface area contributed by atoms with E-state index in [1.54, 1.807) is 6.92 Å². The zero-order valence-electron chi connectivity index (χ0n) is 11.0. The highest BCUT2D eigenvalue weighted by atomic mass is 32.2. The SMILES string of the molecule is CC(NS(=O)(=O)c1cc(N)ccc1[N+](=O)[O-])c1cn[nH]c1. The number of nitrogen functional groups attached to an aromatic ring is 1. The van der Waals surface area contributed by atoms with E-state index < -0.39 is 31.6 Å². The Morgan fingerprint density at radius 2 is 2.19 bits per heavy atom. The van der Waals surface area contributed by atoms with E-state index in [1.165, 1.54) is 18.5 Å². The van der Waals surface area contributed by atoms with Crippen LogP contribution in [0.4, 0.5) is 11.4 Å². The average Bonchev–Trinajstić information content (AvgIpc) is 2.91. The van der Waals surface area contributed by atoms with Crippen LogP contribution in [0.2, 0.25) is 0 Å². The van der Waals surface area contributed by atoms with E-state index in [4.69, 9.17) is 5.73 Å². The normalized spacial score (nSPS) is 13.0. The number of nitrogens with one attached hydrogen (secondary N) is 2. The molecule has 2 rings (SSSR count). The molecule has 0 radical (unpaired) electrons. The molecule has 1 aromatic heterocycles. The number of aromatic amines is 1. The highest BCUT2D eigenvalue weighted by molar-refractivity contribution is 7.89. The van der Waals surface area contributed by atoms with Gasteiger partial charge in [-0.25, -0.2) is 13.1 Å². The largest absolute Gasteiger partial charge is 0.399 e. The molecule has 0 fully saturated rings. The summed E-state index contributed by atoms with van der Waals surface area (Å²) in [5, 5.41) is 17.2. The smallest absolute Gasteiger partial charge is 0.289 e. The quantitative estimate of drug-likeness (QED) is 0.426. The summed E-state index contributed by atoms with van der Waals surface area (Å²) in [7, 11) is -4.10. The third-order valence-corrected chi connectivity index (χ3v) is 4.39. The number of aromatic nitrogens is 2. The van der Waals surface area contributed by atoms with Crippen LogP contribution in [0.25, 0.3) is 0 Å². The predicted molar refractivity (Wildman–Crippen MR) is 74.8 cm³/mol. The van der Waals surface area contributed by atoms with E-state index in [0.29, 0.717) is 5.56 Å². The lowest BCUT2D eigenvalue weighted by Gasteiger charge is -2.13. The number of hydrogen-bond donors (Lipinski definition) is 3. The Balaban J connectivity index is 2.40. The van der Waals surface area contributed by atoms with E-state index in [2.05, 4.69) is 14.9 Å². The Morgan fingerprint density at radius 3 is 2.76 bits per heavy atom. The molecule has 112 valence electrons. The second kappa shape index (κ2) is 5.50. The van der Waals surface area contributed by atoms with Crippen molar-refractivity contribution in [1.82, 2.24) is 14.9 Å². The van der Waals surface area contributed by atoms with Gasteiger partial charge in [-0.3, -0.25) is 15.2 Å². The number of nitrogens with two attached hydrogens (primary N) is 1. The molecule has 0 saturated heterocycles. The van der Waals surface area contributed by atoms with Crippen molar-refractivity contribution >= 4 is 21.4 Å². The predicted octanol–water partition coefficient (Wildman–Crippen LogP) is 0.940. The van der Waals surface area contributed by atoms with Gasteiger partial charge in [0, 0.05) is 29.6 Å². The van der Waals surface area contributed by atoms with Crippen LogP contribution in [-0.2, 0) is 10.0 Å². The van der Waals surface area contributed by atoms with Crippen molar-refractivity contribution in [1.29, 1.82) is 0 Å². The zero-order chi connectivity index (χ0) is 15.6. The highest BCUT2D eigenvalue weighted by Gasteiger charge is 2.27. The van der Waals surface area contributed by atoms with Crippen molar-refractivity contribution in [2.45, 2.75) is 17.9 Å². The number of sulfonamides is 1. The first kappa shape index (κ1) is 14.9. The van der Waals surface area contributed by atoms with Crippen LogP contribution in [0.15, 0.2) is 35.5 Å². The summed E-state index contributed by atoms with van der Waals surface area (Å²) in [6.07, 6.45) is 2.99. The lowest BCUT2D eigenvalue weighted by molar-refractivity contribution is -0.387. The third-order valence-electron chi connectivity index (χ3n) is 2.82. The molecule has 2 aromatic rings. The van der Waals surface area contributed by atoms with Crippen LogP contribution in [0.3, 0.4) is 0 Å². The fraction of sp³-hybridized carbons (Fsp3) is 0.182. The van der Waals surface area contributed by atoms with Crippen LogP contribution < -0.4 is 10.5 Å². The minimum atomic E-state index is -4.10. The monoisotopic (exact) mass is 311 g/mol. The van der Waals surface area contributed by atoms with Crippen molar-refractivity contribution in [3.8, 4) is 0 Å². The van der Waals surface area contributed by atoms with Crippen LogP contribution >= 0.6 is 0 Å². The maximum atomic E-state index is 12.3. The Morgan fingerprint density at radius 1 is 1.48 bits per heavy atom. The molecule has 0 aliphatic rings. The summed E-state index contributed by atoms with van der Waals surface area (Å²) in [6, 6.07) is 2.79. The molecule has 0 aliphatic heterocycles. The molecule has 0 bridgehead atoms. The Bertz CT molecular complexity index is 757. The summed E-state index contributed by atoms with van der Waals surface area (Å²) in [4.78, 5) is 9.71. The molecule has 4 N–H and O–H groups in total. The summed E-state index contributed by atoms with van der Waals surface area (Å²) >= 11 is 0. The van der Waals surface area contributed by atoms with E-state index >= 15 is 0 Å². The number of hydrogen-bond acceptors (Lipinski definition) is 6. The van der Waals surface area contributed by atoms with Crippen LogP contribution in [0.1, 0.15) is 18.5 Å². The first-order chi connectivity index (χ1) is 9.81. The molecule has 1 atom stereocenters. The first-order valence-corrected chi connectivity index (χ1v) is 7.34. The van der Waals surface area contributed by atoms with Crippen LogP contribution in [-0.4, -0.2) is 23.5 Å². The summed E-state index contributed by atoms with van der Waals surface area (Å²) < 4.78 is 27.0. The van der Waals surface area contributed by atoms with Crippen LogP contribution in [0, 0.1) is 10.1 Å². The van der Waals surface area contributed by atoms with Gasteiger partial charge in [-0.15, -0.1) is 0 Å². The Labute approximate surface area is 120 Å². The van der Waals surface area contributed by atoms with Gasteiger partial charge in [-0.2, -0.15) is 5.10 Å². The fourth-order valence-corrected chi connectivity index (χ4v) is 3.20. The maximum Gasteiger partial charge on any atom is 0.289 e. The van der Waals surface area contributed by atoms with Gasteiger partial charge in [-0.1, -0.05) is 0 Å². The van der Waals surface area contributed by atoms with Gasteiger partial charge >= 0.3 is 0 Å². The maximum absolute atomic E-state index is 12.3. The number of rotatable bonds is 5. The van der Waals surface area contributed by atoms with Gasteiger partial charge in [0.15, 0.2) is 4.90 Å². The number of H-pyrrole nitrogens is 1. The van der Waals surface area contributed by atoms with Gasteiger partial charge in [-0.05, 0) is 19.1 Å². The second-order valence-corrected chi connectivity index (χ2v) is 6.04. The van der Waals surface area contributed by atoms with Crippen molar-refractivity contribution in [3.63, 3.8) is 0 Å². The molecule has 10 heteroatoms. The highest BCUT2D eigenvalue weighted by Crippen LogP contribution is 2.27. The molecule has 0 spiro atoms. The second-order valence-electron chi connectivity index (χ2n) is 4.36. The topological polar surface area (TPSA) is 144 Å². The lowest BCUT2D eigenvalue weighted by Crippen LogP contribution is -2.27. The van der Waals surface area contributed by atoms with E-state index in [0.717, 1.165) is 12.1 Å². The fourth-order valence-electron chi connectivity index (χ4n) is 1.76. The van der Waals surface area contributed by atoms with Crippen molar-refractivity contribution < 1.29 is 13.3 Å². The van der Waals surface area contributed by atoms with Gasteiger partial charge in [0.1, 0.15) is 0 Å². The molecular weight excluding hydrogens is 298 g/mol. The van der Waals surface area contributed by atoms with Crippen molar-refractivity contribution in [3.05, 3.63) is 46.3 Å². The zero-order valence-corrected chi connectivity index (χ0v) is 11.8. The molecule has 1 aromatic carbocycles. The number of nitrogens with zero attached hydrogens (tertiary/aromatic N) is 2. The van der Waals surface area contributed by atoms with E-state index in [-0.39, 0.29) is 5.69 Å². The number of anilines is 1. The van der Waals surface area contributed by atoms with Crippen LogP contribution in [0.5, 0.6) is 0 Å². The minimum Gasteiger partial charge on any atom is -0.399 e. The Kier molecular flexibility index (Phi) is 3.91. The van der Waals surface area contributed by atoms with Gasteiger partial charge < -0.3 is 5.73 Å². The molecule has 1 heterocycles. The van der Waals surface area contributed by atoms with Gasteiger partial charge in [0.05, 0.1) is 11.1 Å². The Hall–Kier alpha value is -2.46. The molecule has 0 amide bonds. The molecule has 9 nitrogen and oxygen atoms in total. The average molecular weight is 311 g/mol. The number of benzene rings is 1. The van der Waals surface area contributed by atoms with Crippen molar-refractivity contribution in [2.24, 2.45) is 0 Å². The lowest BCUT2D eigenvalue weighted by atomic mass is 10.2. The summed E-state index contributed by atoms with van der Waals surface area (Å²) in [6.45, 7) is 1.60. The summed E-state index contributed by atoms with van der Waals surface area (Å²) in [5.41, 5.74) is 5.71. The first-order valence-electron chi connectivity index (χ1n) is 5.86. The molecule has 0 aliphatic carbocycles. The van der Waals surface area contributed by atoms with Gasteiger partial charge in [0.2, 0.25) is 10.0 Å². The molecule has 1 unspecified atom stereocenters. The number of nitro groups is 1. The standard InChI is InChI=1S/C11H13N5O4S/c1-7(8-5-13-14-6-8)15-21(19,20)11-4-9(12)2-3-10(11)16(17)18/h2-7,15H,12H2,1H3,(H,13,14). The summed E-state index contributed by atoms with van der Waals surface area (Å²) in [5.74, 6) is 0. The van der Waals surface area contributed by atoms with Gasteiger partial charge in [0.25, 0.3) is 5.69 Å². The van der Waals surface area contributed by atoms with E-state index in [9.17, 15) is 18.5 Å². The molecule has 0 saturated carbocycles. The van der Waals surface area contributed by atoms with E-state index in [1.807, 2.05) is 0 Å².